The molecule has 0 N–H and O–H groups in total. The highest BCUT2D eigenvalue weighted by molar-refractivity contribution is 5.14. The van der Waals surface area contributed by atoms with Crippen LogP contribution in [0.15, 0.2) is 30.3 Å². The predicted octanol–water partition coefficient (Wildman–Crippen LogP) is 6.40. The van der Waals surface area contributed by atoms with E-state index >= 15 is 0 Å². The molecule has 0 radical (unpaired) electrons. The molecule has 0 unspecified atom stereocenters. The highest BCUT2D eigenvalue weighted by atomic mass is 14.1. The van der Waals surface area contributed by atoms with Gasteiger partial charge in [0.2, 0.25) is 0 Å². The monoisotopic (exact) mass is 260 g/mol. The molecule has 0 saturated carbocycles. The molecule has 19 heavy (non-hydrogen) atoms. The molecule has 0 aromatic heterocycles. The maximum absolute atomic E-state index is 2.30. The highest BCUT2D eigenvalue weighted by Gasteiger charge is 2.08. The minimum Gasteiger partial charge on any atom is -0.0654 e. The minimum atomic E-state index is 0.957. The Hall–Kier alpha value is -0.780. The van der Waals surface area contributed by atoms with E-state index in [9.17, 15) is 0 Å². The third-order valence-electron chi connectivity index (χ3n) is 4.12. The molecule has 0 fully saturated rings. The van der Waals surface area contributed by atoms with Gasteiger partial charge in [0.15, 0.2) is 0 Å². The summed E-state index contributed by atoms with van der Waals surface area (Å²) in [7, 11) is 0. The summed E-state index contributed by atoms with van der Waals surface area (Å²) in [5, 5.41) is 0. The summed E-state index contributed by atoms with van der Waals surface area (Å²) >= 11 is 0. The Bertz CT molecular complexity index is 278. The molecule has 0 heteroatoms. The number of rotatable bonds is 11. The van der Waals surface area contributed by atoms with Gasteiger partial charge < -0.3 is 0 Å². The standard InChI is InChI=1S/C19H32/c1-3-5-8-12-18(13-9-6-4-2)16-17-19-14-10-7-11-15-19/h7,10-11,14-15,18H,3-6,8-9,12-13,16-17H2,1-2H3. The molecule has 0 aliphatic rings. The van der Waals surface area contributed by atoms with Crippen molar-refractivity contribution in [2.75, 3.05) is 0 Å². The first-order chi connectivity index (χ1) is 9.36. The van der Waals surface area contributed by atoms with Crippen LogP contribution in [-0.2, 0) is 6.42 Å². The first-order valence-corrected chi connectivity index (χ1v) is 8.40. The van der Waals surface area contributed by atoms with Gasteiger partial charge >= 0.3 is 0 Å². The van der Waals surface area contributed by atoms with Crippen molar-refractivity contribution in [3.8, 4) is 0 Å². The second kappa shape index (κ2) is 11.1. The summed E-state index contributed by atoms with van der Waals surface area (Å²) in [6, 6.07) is 11.0. The highest BCUT2D eigenvalue weighted by Crippen LogP contribution is 2.22. The Morgan fingerprint density at radius 2 is 1.32 bits per heavy atom. The number of aryl methyl sites for hydroxylation is 1. The maximum Gasteiger partial charge on any atom is -0.0276 e. The number of hydrogen-bond acceptors (Lipinski definition) is 0. The van der Waals surface area contributed by atoms with Gasteiger partial charge in [0.25, 0.3) is 0 Å². The molecular weight excluding hydrogens is 228 g/mol. The summed E-state index contributed by atoms with van der Waals surface area (Å²) < 4.78 is 0. The maximum atomic E-state index is 2.30. The van der Waals surface area contributed by atoms with Crippen LogP contribution in [-0.4, -0.2) is 0 Å². The van der Waals surface area contributed by atoms with Gasteiger partial charge in [0.05, 0.1) is 0 Å². The molecule has 108 valence electrons. The van der Waals surface area contributed by atoms with E-state index in [1.165, 1.54) is 69.8 Å². The molecule has 0 spiro atoms. The zero-order valence-electron chi connectivity index (χ0n) is 13.0. The lowest BCUT2D eigenvalue weighted by Gasteiger charge is -2.16. The smallest absolute Gasteiger partial charge is 0.0276 e. The van der Waals surface area contributed by atoms with E-state index in [1.54, 1.807) is 0 Å². The number of benzene rings is 1. The van der Waals surface area contributed by atoms with Gasteiger partial charge in [0.1, 0.15) is 0 Å². The Balaban J connectivity index is 2.30. The average molecular weight is 260 g/mol. The summed E-state index contributed by atoms with van der Waals surface area (Å²) in [4.78, 5) is 0. The molecule has 0 heterocycles. The summed E-state index contributed by atoms with van der Waals surface area (Å²) in [6.45, 7) is 4.60. The van der Waals surface area contributed by atoms with Crippen LogP contribution in [0.5, 0.6) is 0 Å². The molecule has 0 aliphatic carbocycles. The predicted molar refractivity (Wildman–Crippen MR) is 86.5 cm³/mol. The number of hydrogen-bond donors (Lipinski definition) is 0. The summed E-state index contributed by atoms with van der Waals surface area (Å²) in [6.07, 6.45) is 13.9. The van der Waals surface area contributed by atoms with Crippen molar-refractivity contribution >= 4 is 0 Å². The van der Waals surface area contributed by atoms with E-state index in [4.69, 9.17) is 0 Å². The Morgan fingerprint density at radius 1 is 0.737 bits per heavy atom. The second-order valence-corrected chi connectivity index (χ2v) is 5.88. The zero-order chi connectivity index (χ0) is 13.8. The summed E-state index contributed by atoms with van der Waals surface area (Å²) in [5.41, 5.74) is 1.51. The van der Waals surface area contributed by atoms with Crippen LogP contribution in [0.25, 0.3) is 0 Å². The fraction of sp³-hybridized carbons (Fsp3) is 0.684. The first-order valence-electron chi connectivity index (χ1n) is 8.40. The van der Waals surface area contributed by atoms with Crippen molar-refractivity contribution in [1.82, 2.24) is 0 Å². The molecule has 1 aromatic rings. The summed E-state index contributed by atoms with van der Waals surface area (Å²) in [5.74, 6) is 0.957. The van der Waals surface area contributed by atoms with Crippen molar-refractivity contribution in [2.24, 2.45) is 5.92 Å². The van der Waals surface area contributed by atoms with Crippen molar-refractivity contribution in [3.63, 3.8) is 0 Å². The molecule has 0 atom stereocenters. The fourth-order valence-electron chi connectivity index (χ4n) is 2.81. The van der Waals surface area contributed by atoms with E-state index < -0.39 is 0 Å². The van der Waals surface area contributed by atoms with Crippen molar-refractivity contribution in [2.45, 2.75) is 78.1 Å². The minimum absolute atomic E-state index is 0.957. The Labute approximate surface area is 120 Å². The van der Waals surface area contributed by atoms with Crippen molar-refractivity contribution < 1.29 is 0 Å². The average Bonchev–Trinajstić information content (AvgIpc) is 2.45. The van der Waals surface area contributed by atoms with Crippen molar-refractivity contribution in [1.29, 1.82) is 0 Å². The van der Waals surface area contributed by atoms with Crippen LogP contribution in [0.3, 0.4) is 0 Å². The second-order valence-electron chi connectivity index (χ2n) is 5.88. The molecular formula is C19H32. The van der Waals surface area contributed by atoms with Crippen molar-refractivity contribution in [3.05, 3.63) is 35.9 Å². The van der Waals surface area contributed by atoms with E-state index in [0.29, 0.717) is 0 Å². The third kappa shape index (κ3) is 8.08. The molecule has 0 saturated heterocycles. The number of unbranched alkanes of at least 4 members (excludes halogenated alkanes) is 4. The molecule has 0 aliphatic heterocycles. The van der Waals surface area contributed by atoms with Gasteiger partial charge in [-0.05, 0) is 24.3 Å². The zero-order valence-corrected chi connectivity index (χ0v) is 13.0. The Kier molecular flexibility index (Phi) is 9.49. The fourth-order valence-corrected chi connectivity index (χ4v) is 2.81. The van der Waals surface area contributed by atoms with Gasteiger partial charge in [-0.3, -0.25) is 0 Å². The lowest BCUT2D eigenvalue weighted by Crippen LogP contribution is -2.03. The Morgan fingerprint density at radius 3 is 1.84 bits per heavy atom. The van der Waals surface area contributed by atoms with Gasteiger partial charge in [-0.2, -0.15) is 0 Å². The quantitative estimate of drug-likeness (QED) is 0.404. The van der Waals surface area contributed by atoms with Crippen LogP contribution in [0.4, 0.5) is 0 Å². The topological polar surface area (TPSA) is 0 Å². The van der Waals surface area contributed by atoms with Gasteiger partial charge in [0, 0.05) is 0 Å². The van der Waals surface area contributed by atoms with E-state index in [-0.39, 0.29) is 0 Å². The van der Waals surface area contributed by atoms with Crippen LogP contribution >= 0.6 is 0 Å². The van der Waals surface area contributed by atoms with E-state index in [0.717, 1.165) is 5.92 Å². The lowest BCUT2D eigenvalue weighted by molar-refractivity contribution is 0.386. The molecule has 1 aromatic carbocycles. The SMILES string of the molecule is CCCCCC(CCCCC)CCc1ccccc1. The molecule has 1 rings (SSSR count). The van der Waals surface area contributed by atoms with E-state index in [1.807, 2.05) is 0 Å². The normalized spacial score (nSPS) is 11.1. The van der Waals surface area contributed by atoms with Gasteiger partial charge in [-0.15, -0.1) is 0 Å². The van der Waals surface area contributed by atoms with E-state index in [2.05, 4.69) is 44.2 Å². The molecule has 0 nitrogen and oxygen atoms in total. The largest absolute Gasteiger partial charge is 0.0654 e. The van der Waals surface area contributed by atoms with Gasteiger partial charge in [-0.25, -0.2) is 0 Å². The first kappa shape index (κ1) is 16.3. The lowest BCUT2D eigenvalue weighted by atomic mass is 9.89. The van der Waals surface area contributed by atoms with Crippen LogP contribution in [0.2, 0.25) is 0 Å². The third-order valence-corrected chi connectivity index (χ3v) is 4.12. The molecule has 0 amide bonds. The molecule has 0 bridgehead atoms. The van der Waals surface area contributed by atoms with Gasteiger partial charge in [-0.1, -0.05) is 95.5 Å². The van der Waals surface area contributed by atoms with Crippen LogP contribution < -0.4 is 0 Å². The van der Waals surface area contributed by atoms with Crippen LogP contribution in [0, 0.1) is 5.92 Å². The van der Waals surface area contributed by atoms with Crippen LogP contribution in [0.1, 0.15) is 77.2 Å².